The van der Waals surface area contributed by atoms with Gasteiger partial charge >= 0.3 is 0 Å². The molecule has 0 saturated carbocycles. The lowest BCUT2D eigenvalue weighted by Crippen LogP contribution is -2.40. The molecule has 2 N–H and O–H groups in total. The van der Waals surface area contributed by atoms with Crippen LogP contribution in [0.15, 0.2) is 42.6 Å². The van der Waals surface area contributed by atoms with E-state index in [1.54, 1.807) is 0 Å². The molecule has 0 radical (unpaired) electrons. The molecule has 1 unspecified atom stereocenters. The Morgan fingerprint density at radius 1 is 1.24 bits per heavy atom. The minimum Gasteiger partial charge on any atom is -0.377 e. The number of aromatic amines is 1. The molecule has 0 bridgehead atoms. The first kappa shape index (κ1) is 10.3. The molecule has 2 heterocycles. The van der Waals surface area contributed by atoms with Gasteiger partial charge in [0.1, 0.15) is 5.82 Å². The number of fused-ring (bicyclic) bond motifs is 1. The Kier molecular flexibility index (Phi) is 2.52. The summed E-state index contributed by atoms with van der Waals surface area (Å²) in [6.45, 7) is 1.03. The molecule has 17 heavy (non-hydrogen) atoms. The molecule has 88 valence electrons. The van der Waals surface area contributed by atoms with E-state index >= 15 is 0 Å². The lowest BCUT2D eigenvalue weighted by atomic mass is 10.0. The van der Waals surface area contributed by atoms with Crippen LogP contribution in [-0.2, 0) is 6.42 Å². The average Bonchev–Trinajstić information content (AvgIpc) is 2.79. The third-order valence-electron chi connectivity index (χ3n) is 3.29. The van der Waals surface area contributed by atoms with Crippen LogP contribution in [0.4, 0.5) is 11.5 Å². The fraction of sp³-hybridized carbons (Fsp3) is 0.286. The topological polar surface area (TPSA) is 31.1 Å². The molecule has 3 nitrogen and oxygen atoms in total. The van der Waals surface area contributed by atoms with E-state index in [9.17, 15) is 0 Å². The zero-order chi connectivity index (χ0) is 11.7. The fourth-order valence-corrected chi connectivity index (χ4v) is 2.49. The van der Waals surface area contributed by atoms with Gasteiger partial charge in [0, 0.05) is 25.8 Å². The lowest BCUT2D eigenvalue weighted by Gasteiger charge is -2.32. The highest BCUT2D eigenvalue weighted by atomic mass is 15.2. The number of hydrogen-bond acceptors (Lipinski definition) is 2. The van der Waals surface area contributed by atoms with Crippen molar-refractivity contribution in [3.63, 3.8) is 0 Å². The maximum absolute atomic E-state index is 3.58. The Morgan fingerprint density at radius 2 is 2.06 bits per heavy atom. The van der Waals surface area contributed by atoms with Crippen LogP contribution in [0, 0.1) is 0 Å². The monoisotopic (exact) mass is 227 g/mol. The van der Waals surface area contributed by atoms with Crippen molar-refractivity contribution in [3.8, 4) is 0 Å². The summed E-state index contributed by atoms with van der Waals surface area (Å²) in [5.74, 6) is 1.19. The molecular formula is C14H17N3. The van der Waals surface area contributed by atoms with E-state index in [1.165, 1.54) is 17.1 Å². The highest BCUT2D eigenvalue weighted by molar-refractivity contribution is 5.69. The van der Waals surface area contributed by atoms with Gasteiger partial charge in [-0.15, -0.1) is 0 Å². The van der Waals surface area contributed by atoms with Gasteiger partial charge in [-0.3, -0.25) is 0 Å². The van der Waals surface area contributed by atoms with Crippen molar-refractivity contribution in [1.82, 2.24) is 4.98 Å². The van der Waals surface area contributed by atoms with Crippen LogP contribution in [-0.4, -0.2) is 24.6 Å². The molecule has 0 amide bonds. The summed E-state index contributed by atoms with van der Waals surface area (Å²) < 4.78 is 0. The molecule has 0 aliphatic carbocycles. The van der Waals surface area contributed by atoms with E-state index in [0.717, 1.165) is 13.0 Å². The number of benzene rings is 1. The molecule has 1 aromatic heterocycles. The van der Waals surface area contributed by atoms with Gasteiger partial charge in [-0.1, -0.05) is 30.3 Å². The van der Waals surface area contributed by atoms with Gasteiger partial charge < -0.3 is 15.2 Å². The summed E-state index contributed by atoms with van der Waals surface area (Å²) in [6, 6.07) is 13.2. The van der Waals surface area contributed by atoms with Gasteiger partial charge in [0.05, 0.1) is 5.69 Å². The van der Waals surface area contributed by atoms with Gasteiger partial charge in [0.25, 0.3) is 0 Å². The molecule has 1 aromatic carbocycles. The van der Waals surface area contributed by atoms with Gasteiger partial charge in [0.15, 0.2) is 0 Å². The first-order valence-corrected chi connectivity index (χ1v) is 6.02. The second-order valence-corrected chi connectivity index (χ2v) is 4.65. The van der Waals surface area contributed by atoms with Gasteiger partial charge in [-0.25, -0.2) is 0 Å². The molecule has 1 aliphatic rings. The molecule has 0 spiro atoms. The maximum Gasteiger partial charge on any atom is 0.129 e. The van der Waals surface area contributed by atoms with Crippen LogP contribution >= 0.6 is 0 Å². The van der Waals surface area contributed by atoms with Crippen molar-refractivity contribution in [1.29, 1.82) is 0 Å². The van der Waals surface area contributed by atoms with E-state index in [1.807, 2.05) is 6.20 Å². The minimum atomic E-state index is 0.477. The quantitative estimate of drug-likeness (QED) is 0.826. The van der Waals surface area contributed by atoms with Crippen molar-refractivity contribution in [2.24, 2.45) is 0 Å². The van der Waals surface area contributed by atoms with E-state index < -0.39 is 0 Å². The van der Waals surface area contributed by atoms with Crippen molar-refractivity contribution >= 4 is 11.5 Å². The predicted octanol–water partition coefficient (Wildman–Crippen LogP) is 2.49. The maximum atomic E-state index is 3.58. The molecular weight excluding hydrogens is 210 g/mol. The molecule has 0 fully saturated rings. The predicted molar refractivity (Wildman–Crippen MR) is 71.6 cm³/mol. The molecule has 0 saturated heterocycles. The standard InChI is InChI=1S/C14H17N3/c1-17-10-12(9-11-5-3-2-4-6-11)16-13-7-8-15-14(13)17/h2-8,12,15-16H,9-10H2,1H3. The van der Waals surface area contributed by atoms with Gasteiger partial charge in [-0.05, 0) is 18.1 Å². The van der Waals surface area contributed by atoms with E-state index in [0.29, 0.717) is 6.04 Å². The van der Waals surface area contributed by atoms with Crippen LogP contribution in [0.5, 0.6) is 0 Å². The van der Waals surface area contributed by atoms with Crippen LogP contribution in [0.2, 0.25) is 0 Å². The fourth-order valence-electron chi connectivity index (χ4n) is 2.49. The number of hydrogen-bond donors (Lipinski definition) is 2. The number of rotatable bonds is 2. The minimum absolute atomic E-state index is 0.477. The summed E-state index contributed by atoms with van der Waals surface area (Å²) in [5, 5.41) is 3.58. The largest absolute Gasteiger partial charge is 0.377 e. The smallest absolute Gasteiger partial charge is 0.129 e. The number of likely N-dealkylation sites (N-methyl/N-ethyl adjacent to an activating group) is 1. The highest BCUT2D eigenvalue weighted by Crippen LogP contribution is 2.28. The molecule has 3 rings (SSSR count). The Bertz CT molecular complexity index is 489. The molecule has 2 aromatic rings. The third-order valence-corrected chi connectivity index (χ3v) is 3.29. The SMILES string of the molecule is CN1CC(Cc2ccccc2)Nc2cc[nH]c21. The second-order valence-electron chi connectivity index (χ2n) is 4.65. The van der Waals surface area contributed by atoms with Crippen molar-refractivity contribution in [2.75, 3.05) is 23.8 Å². The van der Waals surface area contributed by atoms with E-state index in [2.05, 4.69) is 58.6 Å². The van der Waals surface area contributed by atoms with Crippen LogP contribution in [0.3, 0.4) is 0 Å². The number of anilines is 2. The normalized spacial score (nSPS) is 18.6. The Morgan fingerprint density at radius 3 is 2.88 bits per heavy atom. The van der Waals surface area contributed by atoms with E-state index in [4.69, 9.17) is 0 Å². The van der Waals surface area contributed by atoms with Crippen LogP contribution in [0.1, 0.15) is 5.56 Å². The first-order chi connectivity index (χ1) is 8.33. The van der Waals surface area contributed by atoms with E-state index in [-0.39, 0.29) is 0 Å². The Balaban J connectivity index is 1.76. The number of nitrogens with zero attached hydrogens (tertiary/aromatic N) is 1. The van der Waals surface area contributed by atoms with Gasteiger partial charge in [-0.2, -0.15) is 0 Å². The lowest BCUT2D eigenvalue weighted by molar-refractivity contribution is 0.675. The number of H-pyrrole nitrogens is 1. The second kappa shape index (κ2) is 4.17. The van der Waals surface area contributed by atoms with Crippen LogP contribution in [0.25, 0.3) is 0 Å². The summed E-state index contributed by atoms with van der Waals surface area (Å²) in [6.07, 6.45) is 3.05. The number of aromatic nitrogens is 1. The van der Waals surface area contributed by atoms with Gasteiger partial charge in [0.2, 0.25) is 0 Å². The van der Waals surface area contributed by atoms with Crippen molar-refractivity contribution < 1.29 is 0 Å². The van der Waals surface area contributed by atoms with Crippen molar-refractivity contribution in [3.05, 3.63) is 48.2 Å². The average molecular weight is 227 g/mol. The summed E-state index contributed by atoms with van der Waals surface area (Å²) in [5.41, 5.74) is 2.59. The Labute approximate surface area is 101 Å². The summed E-state index contributed by atoms with van der Waals surface area (Å²) in [4.78, 5) is 5.53. The summed E-state index contributed by atoms with van der Waals surface area (Å²) >= 11 is 0. The van der Waals surface area contributed by atoms with Crippen molar-refractivity contribution in [2.45, 2.75) is 12.5 Å². The Hall–Kier alpha value is -1.90. The molecule has 1 aliphatic heterocycles. The number of nitrogens with one attached hydrogen (secondary N) is 2. The zero-order valence-electron chi connectivity index (χ0n) is 9.98. The summed E-state index contributed by atoms with van der Waals surface area (Å²) in [7, 11) is 2.13. The first-order valence-electron chi connectivity index (χ1n) is 6.02. The third kappa shape index (κ3) is 2.00. The van der Waals surface area contributed by atoms with Crippen LogP contribution < -0.4 is 10.2 Å². The molecule has 3 heteroatoms. The molecule has 1 atom stereocenters. The zero-order valence-corrected chi connectivity index (χ0v) is 9.98. The highest BCUT2D eigenvalue weighted by Gasteiger charge is 2.21.